The average Bonchev–Trinajstić information content (AvgIpc) is 2.39. The third-order valence-corrected chi connectivity index (χ3v) is 4.73. The summed E-state index contributed by atoms with van der Waals surface area (Å²) in [4.78, 5) is 21.4. The maximum absolute atomic E-state index is 10.7. The molecule has 2 atom stereocenters. The molecular formula is C16H32N2O2Ti. The number of hydrogen-bond donors (Lipinski definition) is 2. The van der Waals surface area contributed by atoms with Crippen LogP contribution in [0.4, 0.5) is 0 Å². The molecule has 1 aliphatic carbocycles. The standard InChI is InChI=1S/C14H26N2O2.2CH3.Ti/c1-10(2)14(11(3)4)6-12(15-8-17)5-13(7-14)16-9-18;;;/h8-13H,5-7H2,1-4H3,(H,15,17)(H,16,18);2*1H3;. The fourth-order valence-electron chi connectivity index (χ4n) is 3.57. The van der Waals surface area contributed by atoms with Crippen LogP contribution in [0.1, 0.15) is 47.0 Å². The molecule has 0 saturated heterocycles. The van der Waals surface area contributed by atoms with Crippen molar-refractivity contribution in [3.8, 4) is 0 Å². The molecule has 0 aromatic rings. The summed E-state index contributed by atoms with van der Waals surface area (Å²) < 4.78 is 0. The van der Waals surface area contributed by atoms with Gasteiger partial charge in [0.25, 0.3) is 0 Å². The molecule has 2 unspecified atom stereocenters. The van der Waals surface area contributed by atoms with Crippen LogP contribution < -0.4 is 10.6 Å². The first-order valence-corrected chi connectivity index (χ1v) is 11.0. The normalized spacial score (nSPS) is 23.8. The molecule has 4 nitrogen and oxygen atoms in total. The fourth-order valence-corrected chi connectivity index (χ4v) is 3.57. The van der Waals surface area contributed by atoms with Gasteiger partial charge in [-0.25, -0.2) is 0 Å². The van der Waals surface area contributed by atoms with Crippen molar-refractivity contribution < 1.29 is 28.7 Å². The zero-order valence-electron chi connectivity index (χ0n) is 14.4. The molecule has 0 heterocycles. The van der Waals surface area contributed by atoms with E-state index in [2.05, 4.69) is 48.8 Å². The first-order valence-electron chi connectivity index (χ1n) is 7.85. The molecule has 0 spiro atoms. The Morgan fingerprint density at radius 1 is 0.952 bits per heavy atom. The van der Waals surface area contributed by atoms with Crippen LogP contribution in [0.5, 0.6) is 0 Å². The third kappa shape index (κ3) is 6.11. The maximum atomic E-state index is 10.7. The van der Waals surface area contributed by atoms with Gasteiger partial charge in [0.15, 0.2) is 0 Å². The van der Waals surface area contributed by atoms with E-state index in [0.29, 0.717) is 31.0 Å². The van der Waals surface area contributed by atoms with Crippen LogP contribution in [0.2, 0.25) is 10.5 Å². The van der Waals surface area contributed by atoms with Crippen LogP contribution in [-0.2, 0) is 28.7 Å². The van der Waals surface area contributed by atoms with Gasteiger partial charge in [-0.1, -0.05) is 27.7 Å². The van der Waals surface area contributed by atoms with E-state index >= 15 is 0 Å². The van der Waals surface area contributed by atoms with Crippen molar-refractivity contribution in [3.05, 3.63) is 0 Å². The van der Waals surface area contributed by atoms with E-state index < -0.39 is 0 Å². The Balaban J connectivity index is 0.00000122. The summed E-state index contributed by atoms with van der Waals surface area (Å²) in [5, 5.41) is 10.3. The minimum atomic E-state index is 0.165. The molecule has 0 aromatic heterocycles. The monoisotopic (exact) mass is 332 g/mol. The average molecular weight is 332 g/mol. The van der Waals surface area contributed by atoms with Crippen molar-refractivity contribution in [2.75, 3.05) is 0 Å². The van der Waals surface area contributed by atoms with E-state index in [0.717, 1.165) is 32.1 Å². The number of hydrogen-bond acceptors (Lipinski definition) is 2. The van der Waals surface area contributed by atoms with Gasteiger partial charge in [0.05, 0.1) is 0 Å². The Morgan fingerprint density at radius 2 is 1.29 bits per heavy atom. The van der Waals surface area contributed by atoms with E-state index in [9.17, 15) is 9.59 Å². The first-order chi connectivity index (χ1) is 9.87. The van der Waals surface area contributed by atoms with E-state index in [4.69, 9.17) is 0 Å². The summed E-state index contributed by atoms with van der Waals surface area (Å²) >= 11 is 0.500. The molecule has 1 fully saturated rings. The molecule has 1 aliphatic rings. The van der Waals surface area contributed by atoms with Gasteiger partial charge in [0.1, 0.15) is 0 Å². The van der Waals surface area contributed by atoms with Crippen LogP contribution in [0.15, 0.2) is 0 Å². The van der Waals surface area contributed by atoms with Gasteiger partial charge in [-0.2, -0.15) is 0 Å². The van der Waals surface area contributed by atoms with Crippen LogP contribution in [0.3, 0.4) is 0 Å². The van der Waals surface area contributed by atoms with Crippen molar-refractivity contribution in [1.82, 2.24) is 10.6 Å². The summed E-state index contributed by atoms with van der Waals surface area (Å²) in [6, 6.07) is 0.331. The molecule has 0 radical (unpaired) electrons. The molecule has 0 aliphatic heterocycles. The molecule has 122 valence electrons. The summed E-state index contributed by atoms with van der Waals surface area (Å²) in [6.45, 7) is 8.95. The second-order valence-electron chi connectivity index (χ2n) is 6.65. The molecule has 1 saturated carbocycles. The molecule has 1 rings (SSSR count). The van der Waals surface area contributed by atoms with Gasteiger partial charge < -0.3 is 10.6 Å². The van der Waals surface area contributed by atoms with E-state index in [1.807, 2.05) is 0 Å². The predicted molar refractivity (Wildman–Crippen MR) is 83.7 cm³/mol. The van der Waals surface area contributed by atoms with Gasteiger partial charge in [0, 0.05) is 12.1 Å². The Hall–Kier alpha value is -0.346. The van der Waals surface area contributed by atoms with E-state index in [-0.39, 0.29) is 17.5 Å². The van der Waals surface area contributed by atoms with Crippen molar-refractivity contribution in [2.45, 2.75) is 69.5 Å². The summed E-state index contributed by atoms with van der Waals surface area (Å²) in [5.74, 6) is 1.06. The predicted octanol–water partition coefficient (Wildman–Crippen LogP) is 2.86. The second-order valence-corrected chi connectivity index (χ2v) is 8.21. The number of rotatable bonds is 6. The van der Waals surface area contributed by atoms with Gasteiger partial charge in [-0.05, 0) is 36.5 Å². The van der Waals surface area contributed by atoms with Crippen molar-refractivity contribution >= 4 is 12.8 Å². The van der Waals surface area contributed by atoms with Crippen LogP contribution in [0.25, 0.3) is 0 Å². The van der Waals surface area contributed by atoms with E-state index in [1.165, 1.54) is 0 Å². The minimum absolute atomic E-state index is 0.165. The Bertz CT molecular complexity index is 281. The Kier molecular flexibility index (Phi) is 10.2. The number of carbonyl (C=O) groups is 2. The number of carbonyl (C=O) groups excluding carboxylic acids is 2. The topological polar surface area (TPSA) is 58.2 Å². The molecule has 5 heteroatoms. The van der Waals surface area contributed by atoms with Gasteiger partial charge in [-0.3, -0.25) is 9.59 Å². The van der Waals surface area contributed by atoms with Gasteiger partial charge >= 0.3 is 29.6 Å². The van der Waals surface area contributed by atoms with Crippen molar-refractivity contribution in [3.63, 3.8) is 0 Å². The number of nitrogens with one attached hydrogen (secondary N) is 2. The summed E-state index contributed by atoms with van der Waals surface area (Å²) in [5.41, 5.74) is 0.180. The summed E-state index contributed by atoms with van der Waals surface area (Å²) in [7, 11) is 0. The van der Waals surface area contributed by atoms with Gasteiger partial charge in [0.2, 0.25) is 12.8 Å². The fraction of sp³-hybridized carbons (Fsp3) is 0.875. The molecule has 21 heavy (non-hydrogen) atoms. The summed E-state index contributed by atoms with van der Waals surface area (Å²) in [6.07, 6.45) is 4.38. The van der Waals surface area contributed by atoms with Crippen LogP contribution in [-0.4, -0.2) is 24.9 Å². The van der Waals surface area contributed by atoms with E-state index in [1.54, 1.807) is 0 Å². The van der Waals surface area contributed by atoms with Gasteiger partial charge in [-0.15, -0.1) is 0 Å². The molecule has 2 N–H and O–H groups in total. The zero-order valence-corrected chi connectivity index (χ0v) is 16.0. The Morgan fingerprint density at radius 3 is 1.52 bits per heavy atom. The van der Waals surface area contributed by atoms with Crippen molar-refractivity contribution in [1.29, 1.82) is 0 Å². The number of amides is 2. The molecule has 2 amide bonds. The molecule has 0 bridgehead atoms. The van der Waals surface area contributed by atoms with Crippen molar-refractivity contribution in [2.24, 2.45) is 17.3 Å². The van der Waals surface area contributed by atoms with Crippen LogP contribution >= 0.6 is 0 Å². The quantitative estimate of drug-likeness (QED) is 0.580. The first kappa shape index (κ1) is 20.7. The molecule has 0 aromatic carbocycles. The second kappa shape index (κ2) is 10.4. The molecular weight excluding hydrogens is 300 g/mol. The SMILES string of the molecule is CC(C)C1(C(C)C)CC(NC=O)CC(NC=O)C1.[CH3][Ti][CH3]. The Labute approximate surface area is 139 Å². The third-order valence-electron chi connectivity index (χ3n) is 4.73. The van der Waals surface area contributed by atoms with Crippen LogP contribution in [0, 0.1) is 17.3 Å². The zero-order chi connectivity index (χ0) is 16.5.